The van der Waals surface area contributed by atoms with Crippen LogP contribution in [-0.2, 0) is 10.8 Å². The van der Waals surface area contributed by atoms with Gasteiger partial charge in [-0.1, -0.05) is 114 Å². The van der Waals surface area contributed by atoms with Crippen molar-refractivity contribution < 1.29 is 0 Å². The van der Waals surface area contributed by atoms with Crippen molar-refractivity contribution >= 4 is 11.4 Å². The molecule has 1 N–H and O–H groups in total. The molecule has 0 aliphatic heterocycles. The molecule has 0 aliphatic carbocycles. The summed E-state index contributed by atoms with van der Waals surface area (Å²) in [5.41, 5.74) is 10.1. The highest BCUT2D eigenvalue weighted by Gasteiger charge is 2.21. The molecule has 4 aromatic rings. The molecular weight excluding hydrogens is 398 g/mol. The SMILES string of the molecule is CC(C)(C)c1cc(-c2cccc(Nc3ccc(-c4ccccc4)cc3)c2)cc(C(C)(C)C)c1. The summed E-state index contributed by atoms with van der Waals surface area (Å²) in [5, 5.41) is 3.58. The van der Waals surface area contributed by atoms with E-state index in [1.807, 2.05) is 6.07 Å². The van der Waals surface area contributed by atoms with E-state index in [1.165, 1.54) is 33.4 Å². The number of rotatable bonds is 4. The predicted octanol–water partition coefficient (Wildman–Crippen LogP) is 9.36. The Kier molecular flexibility index (Phi) is 6.17. The summed E-state index contributed by atoms with van der Waals surface area (Å²) < 4.78 is 0. The molecule has 0 fully saturated rings. The number of hydrogen-bond acceptors (Lipinski definition) is 1. The van der Waals surface area contributed by atoms with E-state index in [4.69, 9.17) is 0 Å². The number of nitrogens with one attached hydrogen (secondary N) is 1. The van der Waals surface area contributed by atoms with E-state index in [0.717, 1.165) is 11.4 Å². The molecule has 33 heavy (non-hydrogen) atoms. The van der Waals surface area contributed by atoms with Crippen LogP contribution in [0.1, 0.15) is 52.7 Å². The minimum atomic E-state index is 0.104. The van der Waals surface area contributed by atoms with Crippen molar-refractivity contribution in [3.63, 3.8) is 0 Å². The zero-order chi connectivity index (χ0) is 23.6. The summed E-state index contributed by atoms with van der Waals surface area (Å²) in [6.45, 7) is 13.7. The molecule has 0 heterocycles. The lowest BCUT2D eigenvalue weighted by molar-refractivity contribution is 0.569. The highest BCUT2D eigenvalue weighted by atomic mass is 14.9. The maximum absolute atomic E-state index is 3.58. The van der Waals surface area contributed by atoms with Crippen LogP contribution in [0.15, 0.2) is 97.1 Å². The summed E-state index contributed by atoms with van der Waals surface area (Å²) in [7, 11) is 0. The van der Waals surface area contributed by atoms with Crippen molar-refractivity contribution in [1.82, 2.24) is 0 Å². The molecule has 0 aromatic heterocycles. The molecule has 0 bridgehead atoms. The van der Waals surface area contributed by atoms with Crippen LogP contribution in [0.25, 0.3) is 22.3 Å². The van der Waals surface area contributed by atoms with Crippen LogP contribution < -0.4 is 5.32 Å². The Labute approximate surface area is 199 Å². The minimum Gasteiger partial charge on any atom is -0.356 e. The molecule has 0 unspecified atom stereocenters. The van der Waals surface area contributed by atoms with Gasteiger partial charge in [-0.3, -0.25) is 0 Å². The average molecular weight is 434 g/mol. The van der Waals surface area contributed by atoms with Gasteiger partial charge in [0.15, 0.2) is 0 Å². The van der Waals surface area contributed by atoms with Gasteiger partial charge in [-0.2, -0.15) is 0 Å². The molecule has 4 rings (SSSR count). The third-order valence-corrected chi connectivity index (χ3v) is 6.14. The van der Waals surface area contributed by atoms with Crippen LogP contribution in [0.5, 0.6) is 0 Å². The van der Waals surface area contributed by atoms with E-state index in [9.17, 15) is 0 Å². The summed E-state index contributed by atoms with van der Waals surface area (Å²) in [6.07, 6.45) is 0. The first-order chi connectivity index (χ1) is 15.6. The zero-order valence-corrected chi connectivity index (χ0v) is 20.7. The summed E-state index contributed by atoms with van der Waals surface area (Å²) >= 11 is 0. The Hall–Kier alpha value is -3.32. The number of anilines is 2. The molecule has 0 atom stereocenters. The smallest absolute Gasteiger partial charge is 0.0390 e. The first-order valence-electron chi connectivity index (χ1n) is 11.8. The highest BCUT2D eigenvalue weighted by Crippen LogP contribution is 2.35. The van der Waals surface area contributed by atoms with Crippen molar-refractivity contribution in [3.8, 4) is 22.3 Å². The van der Waals surface area contributed by atoms with Crippen LogP contribution in [0.4, 0.5) is 11.4 Å². The van der Waals surface area contributed by atoms with E-state index in [2.05, 4.69) is 138 Å². The second-order valence-corrected chi connectivity index (χ2v) is 10.9. The second-order valence-electron chi connectivity index (χ2n) is 10.9. The topological polar surface area (TPSA) is 12.0 Å². The molecule has 0 spiro atoms. The van der Waals surface area contributed by atoms with Crippen LogP contribution in [0, 0.1) is 0 Å². The van der Waals surface area contributed by atoms with E-state index in [-0.39, 0.29) is 10.8 Å². The van der Waals surface area contributed by atoms with Crippen LogP contribution in [-0.4, -0.2) is 0 Å². The average Bonchev–Trinajstić information content (AvgIpc) is 2.79. The molecule has 1 nitrogen and oxygen atoms in total. The molecule has 0 amide bonds. The number of hydrogen-bond donors (Lipinski definition) is 1. The Bertz CT molecular complexity index is 1190. The Morgan fingerprint density at radius 3 is 1.55 bits per heavy atom. The largest absolute Gasteiger partial charge is 0.356 e. The molecule has 0 saturated carbocycles. The van der Waals surface area contributed by atoms with E-state index in [1.54, 1.807) is 0 Å². The lowest BCUT2D eigenvalue weighted by Gasteiger charge is -2.26. The maximum Gasteiger partial charge on any atom is 0.0390 e. The summed E-state index contributed by atoms with van der Waals surface area (Å²) in [6, 6.07) is 34.9. The predicted molar refractivity (Wildman–Crippen MR) is 144 cm³/mol. The van der Waals surface area contributed by atoms with Gasteiger partial charge in [0.1, 0.15) is 0 Å². The van der Waals surface area contributed by atoms with Gasteiger partial charge in [0.2, 0.25) is 0 Å². The fraction of sp³-hybridized carbons (Fsp3) is 0.250. The van der Waals surface area contributed by atoms with Gasteiger partial charge in [-0.15, -0.1) is 0 Å². The fourth-order valence-electron chi connectivity index (χ4n) is 3.98. The third-order valence-electron chi connectivity index (χ3n) is 6.14. The van der Waals surface area contributed by atoms with Crippen molar-refractivity contribution in [2.45, 2.75) is 52.4 Å². The minimum absolute atomic E-state index is 0.104. The van der Waals surface area contributed by atoms with Crippen LogP contribution >= 0.6 is 0 Å². The van der Waals surface area contributed by atoms with Crippen LogP contribution in [0.3, 0.4) is 0 Å². The standard InChI is InChI=1S/C32H35N/c1-31(2,3)27-19-26(20-28(22-27)32(4,5)6)25-13-10-14-30(21-25)33-29-17-15-24(16-18-29)23-11-8-7-9-12-23/h7-22,33H,1-6H3. The quantitative estimate of drug-likeness (QED) is 0.338. The van der Waals surface area contributed by atoms with Gasteiger partial charge in [0, 0.05) is 11.4 Å². The van der Waals surface area contributed by atoms with Crippen LogP contribution in [0.2, 0.25) is 0 Å². The van der Waals surface area contributed by atoms with Gasteiger partial charge < -0.3 is 5.32 Å². The lowest BCUT2D eigenvalue weighted by Crippen LogP contribution is -2.16. The zero-order valence-electron chi connectivity index (χ0n) is 20.7. The first-order valence-corrected chi connectivity index (χ1v) is 11.8. The fourth-order valence-corrected chi connectivity index (χ4v) is 3.98. The van der Waals surface area contributed by atoms with Gasteiger partial charge in [0.25, 0.3) is 0 Å². The third kappa shape index (κ3) is 5.54. The van der Waals surface area contributed by atoms with E-state index < -0.39 is 0 Å². The van der Waals surface area contributed by atoms with Gasteiger partial charge in [-0.25, -0.2) is 0 Å². The molecule has 0 radical (unpaired) electrons. The molecule has 0 aliphatic rings. The van der Waals surface area contributed by atoms with Gasteiger partial charge in [0.05, 0.1) is 0 Å². The molecule has 1 heteroatoms. The maximum atomic E-state index is 3.58. The Morgan fingerprint density at radius 1 is 0.424 bits per heavy atom. The summed E-state index contributed by atoms with van der Waals surface area (Å²) in [5.74, 6) is 0. The van der Waals surface area contributed by atoms with Gasteiger partial charge in [-0.05, 0) is 68.5 Å². The van der Waals surface area contributed by atoms with Crippen molar-refractivity contribution in [2.75, 3.05) is 5.32 Å². The van der Waals surface area contributed by atoms with E-state index in [0.29, 0.717) is 0 Å². The van der Waals surface area contributed by atoms with E-state index >= 15 is 0 Å². The normalized spacial score (nSPS) is 11.9. The Balaban J connectivity index is 1.63. The van der Waals surface area contributed by atoms with Crippen molar-refractivity contribution in [1.29, 1.82) is 0 Å². The lowest BCUT2D eigenvalue weighted by atomic mass is 9.79. The summed E-state index contributed by atoms with van der Waals surface area (Å²) in [4.78, 5) is 0. The van der Waals surface area contributed by atoms with Crippen molar-refractivity contribution in [2.24, 2.45) is 0 Å². The van der Waals surface area contributed by atoms with Gasteiger partial charge >= 0.3 is 0 Å². The molecule has 4 aromatic carbocycles. The molecule has 168 valence electrons. The first kappa shape index (κ1) is 22.9. The Morgan fingerprint density at radius 2 is 0.970 bits per heavy atom. The highest BCUT2D eigenvalue weighted by molar-refractivity contribution is 5.73. The molecular formula is C32H35N. The monoisotopic (exact) mass is 433 g/mol. The second kappa shape index (κ2) is 8.90. The van der Waals surface area contributed by atoms with Crippen molar-refractivity contribution in [3.05, 3.63) is 108 Å². The number of benzene rings is 4. The molecule has 0 saturated heterocycles.